The number of piperidine rings is 1. The van der Waals surface area contributed by atoms with Crippen molar-refractivity contribution in [3.8, 4) is 0 Å². The lowest BCUT2D eigenvalue weighted by Gasteiger charge is -2.31. The van der Waals surface area contributed by atoms with Crippen LogP contribution in [0.25, 0.3) is 0 Å². The molecule has 1 saturated heterocycles. The Labute approximate surface area is 202 Å². The van der Waals surface area contributed by atoms with Gasteiger partial charge in [0.05, 0.1) is 5.71 Å². The predicted molar refractivity (Wildman–Crippen MR) is 132 cm³/mol. The highest BCUT2D eigenvalue weighted by Crippen LogP contribution is 2.22. The van der Waals surface area contributed by atoms with Gasteiger partial charge in [-0.3, -0.25) is 4.79 Å². The average Bonchev–Trinajstić information content (AvgIpc) is 2.79. The van der Waals surface area contributed by atoms with E-state index in [1.807, 2.05) is 30.3 Å². The fourth-order valence-electron chi connectivity index (χ4n) is 3.79. The highest BCUT2D eigenvalue weighted by Gasteiger charge is 2.25. The van der Waals surface area contributed by atoms with Crippen LogP contribution in [-0.4, -0.2) is 49.2 Å². The fraction of sp³-hybridized carbons (Fsp3) is 0.417. The quantitative estimate of drug-likeness (QED) is 0.229. The minimum atomic E-state index is -0.312. The van der Waals surface area contributed by atoms with Gasteiger partial charge in [0.25, 0.3) is 0 Å². The zero-order valence-electron chi connectivity index (χ0n) is 18.1. The number of carbonyl (C=O) groups excluding carboxylic acids is 1. The van der Waals surface area contributed by atoms with E-state index in [-0.39, 0.29) is 42.3 Å². The van der Waals surface area contributed by atoms with Gasteiger partial charge in [-0.15, -0.1) is 24.8 Å². The Bertz CT molecular complexity index is 827. The third-order valence-corrected chi connectivity index (χ3v) is 5.47. The molecule has 2 aromatic carbocycles. The monoisotopic (exact) mass is 483 g/mol. The summed E-state index contributed by atoms with van der Waals surface area (Å²) in [5, 5.41) is 4.29. The van der Waals surface area contributed by atoms with Crippen molar-refractivity contribution in [1.29, 1.82) is 0 Å². The number of hydrogen-bond donors (Lipinski definition) is 1. The van der Waals surface area contributed by atoms with Crippen molar-refractivity contribution in [2.75, 3.05) is 32.8 Å². The van der Waals surface area contributed by atoms with Crippen molar-refractivity contribution in [2.24, 2.45) is 16.8 Å². The van der Waals surface area contributed by atoms with Crippen molar-refractivity contribution >= 4 is 36.3 Å². The second kappa shape index (κ2) is 15.0. The molecular formula is C24H32Cl2FN3O2. The van der Waals surface area contributed by atoms with E-state index < -0.39 is 0 Å². The zero-order valence-corrected chi connectivity index (χ0v) is 19.8. The second-order valence-electron chi connectivity index (χ2n) is 7.62. The molecule has 5 nitrogen and oxygen atoms in total. The zero-order chi connectivity index (χ0) is 21.2. The highest BCUT2D eigenvalue weighted by molar-refractivity contribution is 6.00. The Balaban J connectivity index is 0.00000256. The Hall–Kier alpha value is -1.99. The molecule has 0 aromatic heterocycles. The molecule has 0 unspecified atom stereocenters. The highest BCUT2D eigenvalue weighted by atomic mass is 35.5. The van der Waals surface area contributed by atoms with Gasteiger partial charge in [-0.25, -0.2) is 4.39 Å². The molecule has 0 radical (unpaired) electrons. The van der Waals surface area contributed by atoms with Crippen LogP contribution in [0.5, 0.6) is 0 Å². The summed E-state index contributed by atoms with van der Waals surface area (Å²) in [5.41, 5.74) is 8.10. The number of ketones is 1. The lowest BCUT2D eigenvalue weighted by Crippen LogP contribution is -2.37. The third kappa shape index (κ3) is 8.51. The van der Waals surface area contributed by atoms with E-state index in [4.69, 9.17) is 10.6 Å². The molecule has 0 amide bonds. The maximum Gasteiger partial charge on any atom is 0.166 e. The molecule has 1 heterocycles. The first kappa shape index (κ1) is 28.0. The molecule has 0 saturated carbocycles. The first-order valence-electron chi connectivity index (χ1n) is 10.6. The summed E-state index contributed by atoms with van der Waals surface area (Å²) < 4.78 is 13.1. The molecule has 32 heavy (non-hydrogen) atoms. The maximum atomic E-state index is 13.1. The summed E-state index contributed by atoms with van der Waals surface area (Å²) in [4.78, 5) is 20.3. The Morgan fingerprint density at radius 2 is 1.69 bits per heavy atom. The van der Waals surface area contributed by atoms with Crippen LogP contribution in [0.4, 0.5) is 4.39 Å². The second-order valence-corrected chi connectivity index (χ2v) is 7.62. The first-order chi connectivity index (χ1) is 14.7. The summed E-state index contributed by atoms with van der Waals surface area (Å²) in [7, 11) is 0. The van der Waals surface area contributed by atoms with Crippen molar-refractivity contribution in [1.82, 2.24) is 4.90 Å². The number of hydrogen-bond acceptors (Lipinski definition) is 5. The molecule has 0 spiro atoms. The molecule has 176 valence electrons. The van der Waals surface area contributed by atoms with E-state index in [1.54, 1.807) is 12.1 Å². The molecule has 1 fully saturated rings. The van der Waals surface area contributed by atoms with Crippen molar-refractivity contribution < 1.29 is 14.0 Å². The van der Waals surface area contributed by atoms with Gasteiger partial charge < -0.3 is 15.5 Å². The molecular weight excluding hydrogens is 452 g/mol. The van der Waals surface area contributed by atoms with Gasteiger partial charge in [-0.05, 0) is 75.1 Å². The standard InChI is InChI=1S/C24H30FN3O2.2ClH/c25-22-10-8-20(9-11-22)24(29)21-12-16-28(17-13-21)15-4-7-23(27-30-18-14-26)19-5-2-1-3-6-19;;/h1-3,5-6,8-11,21H,4,7,12-18,26H2;2*1H/b27-23-;;. The first-order valence-corrected chi connectivity index (χ1v) is 10.6. The van der Waals surface area contributed by atoms with Crippen LogP contribution in [0.15, 0.2) is 59.8 Å². The van der Waals surface area contributed by atoms with E-state index in [1.165, 1.54) is 12.1 Å². The average molecular weight is 484 g/mol. The van der Waals surface area contributed by atoms with Gasteiger partial charge >= 0.3 is 0 Å². The summed E-state index contributed by atoms with van der Waals surface area (Å²) >= 11 is 0. The van der Waals surface area contributed by atoms with Gasteiger partial charge in [0.1, 0.15) is 12.4 Å². The molecule has 1 aliphatic heterocycles. The van der Waals surface area contributed by atoms with Crippen LogP contribution in [0.3, 0.4) is 0 Å². The van der Waals surface area contributed by atoms with Gasteiger partial charge in [-0.1, -0.05) is 35.5 Å². The van der Waals surface area contributed by atoms with Gasteiger partial charge in [0, 0.05) is 18.0 Å². The summed E-state index contributed by atoms with van der Waals surface area (Å²) in [5.74, 6) is -0.156. The Kier molecular flexibility index (Phi) is 13.1. The van der Waals surface area contributed by atoms with E-state index in [0.717, 1.165) is 56.6 Å². The van der Waals surface area contributed by atoms with E-state index in [0.29, 0.717) is 18.7 Å². The number of benzene rings is 2. The molecule has 8 heteroatoms. The molecule has 0 atom stereocenters. The molecule has 0 aliphatic carbocycles. The largest absolute Gasteiger partial charge is 0.394 e. The van der Waals surface area contributed by atoms with Crippen molar-refractivity contribution in [3.63, 3.8) is 0 Å². The van der Waals surface area contributed by atoms with Gasteiger partial charge in [0.15, 0.2) is 5.78 Å². The smallest absolute Gasteiger partial charge is 0.166 e. The maximum absolute atomic E-state index is 13.1. The minimum Gasteiger partial charge on any atom is -0.394 e. The molecule has 2 aromatic rings. The topological polar surface area (TPSA) is 67.9 Å². The van der Waals surface area contributed by atoms with Crippen LogP contribution < -0.4 is 5.73 Å². The van der Waals surface area contributed by atoms with Gasteiger partial charge in [0.2, 0.25) is 0 Å². The van der Waals surface area contributed by atoms with Crippen LogP contribution in [0.1, 0.15) is 41.6 Å². The Morgan fingerprint density at radius 3 is 2.31 bits per heavy atom. The normalized spacial score (nSPS) is 14.9. The summed E-state index contributed by atoms with van der Waals surface area (Å²) in [6.45, 7) is 3.61. The molecule has 2 N–H and O–H groups in total. The van der Waals surface area contributed by atoms with Crippen molar-refractivity contribution in [2.45, 2.75) is 25.7 Å². The predicted octanol–water partition coefficient (Wildman–Crippen LogP) is 4.72. The molecule has 1 aliphatic rings. The van der Waals surface area contributed by atoms with Gasteiger partial charge in [-0.2, -0.15) is 0 Å². The lowest BCUT2D eigenvalue weighted by atomic mass is 9.89. The number of oxime groups is 1. The fourth-order valence-corrected chi connectivity index (χ4v) is 3.79. The van der Waals surface area contributed by atoms with Crippen LogP contribution in [-0.2, 0) is 4.84 Å². The summed E-state index contributed by atoms with van der Waals surface area (Å²) in [6, 6.07) is 15.9. The SMILES string of the molecule is Cl.Cl.NCCO/N=C(/CCCN1CCC(C(=O)c2ccc(F)cc2)CC1)c1ccccc1. The van der Waals surface area contributed by atoms with Crippen molar-refractivity contribution in [3.05, 3.63) is 71.5 Å². The lowest BCUT2D eigenvalue weighted by molar-refractivity contribution is 0.0839. The van der Waals surface area contributed by atoms with Crippen LogP contribution in [0, 0.1) is 11.7 Å². The third-order valence-electron chi connectivity index (χ3n) is 5.47. The molecule has 0 bridgehead atoms. The number of nitrogens with zero attached hydrogens (tertiary/aromatic N) is 2. The Morgan fingerprint density at radius 1 is 1.03 bits per heavy atom. The summed E-state index contributed by atoms with van der Waals surface area (Å²) in [6.07, 6.45) is 3.48. The van der Waals surface area contributed by atoms with E-state index in [2.05, 4.69) is 10.1 Å². The minimum absolute atomic E-state index is 0. The number of rotatable bonds is 10. The molecule has 3 rings (SSSR count). The number of Topliss-reactive ketones (excluding diaryl/α,β-unsaturated/α-hetero) is 1. The van der Waals surface area contributed by atoms with E-state index in [9.17, 15) is 9.18 Å². The van der Waals surface area contributed by atoms with E-state index >= 15 is 0 Å². The number of nitrogens with two attached hydrogens (primary N) is 1. The number of likely N-dealkylation sites (tertiary alicyclic amines) is 1. The number of halogens is 3. The van der Waals surface area contributed by atoms with Crippen LogP contribution in [0.2, 0.25) is 0 Å². The van der Waals surface area contributed by atoms with Crippen LogP contribution >= 0.6 is 24.8 Å². The number of carbonyl (C=O) groups is 1.